The third kappa shape index (κ3) is 1.85. The average Bonchev–Trinajstić information content (AvgIpc) is 2.95. The number of nitrogens with two attached hydrogens (primary N) is 1. The second-order valence-corrected chi connectivity index (χ2v) is 5.61. The highest BCUT2D eigenvalue weighted by Crippen LogP contribution is 2.34. The van der Waals surface area contributed by atoms with Crippen molar-refractivity contribution in [1.29, 1.82) is 0 Å². The molecule has 2 nitrogen and oxygen atoms in total. The molecular formula is C14H12ClNOS. The molecule has 0 spiro atoms. The summed E-state index contributed by atoms with van der Waals surface area (Å²) < 4.78 is 5.86. The van der Waals surface area contributed by atoms with E-state index in [1.807, 2.05) is 42.6 Å². The molecule has 3 rings (SSSR count). The van der Waals surface area contributed by atoms with E-state index < -0.39 is 0 Å². The Morgan fingerprint density at radius 2 is 2.17 bits per heavy atom. The molecule has 1 unspecified atom stereocenters. The van der Waals surface area contributed by atoms with Gasteiger partial charge in [-0.05, 0) is 30.0 Å². The quantitative estimate of drug-likeness (QED) is 0.749. The third-order valence-corrected chi connectivity index (χ3v) is 4.44. The number of benzene rings is 1. The first kappa shape index (κ1) is 11.8. The maximum absolute atomic E-state index is 6.21. The molecule has 92 valence electrons. The van der Waals surface area contributed by atoms with Gasteiger partial charge in [-0.2, -0.15) is 0 Å². The van der Waals surface area contributed by atoms with E-state index in [-0.39, 0.29) is 6.04 Å². The Hall–Kier alpha value is -1.29. The van der Waals surface area contributed by atoms with Gasteiger partial charge in [0.05, 0.1) is 11.1 Å². The lowest BCUT2D eigenvalue weighted by Crippen LogP contribution is -2.09. The molecule has 0 saturated heterocycles. The van der Waals surface area contributed by atoms with Crippen molar-refractivity contribution < 1.29 is 4.42 Å². The first-order valence-electron chi connectivity index (χ1n) is 5.64. The predicted octanol–water partition coefficient (Wildman–Crippen LogP) is 4.50. The fraction of sp³-hybridized carbons (Fsp3) is 0.143. The Balaban J connectivity index is 2.10. The molecule has 1 atom stereocenters. The van der Waals surface area contributed by atoms with E-state index in [1.165, 1.54) is 0 Å². The topological polar surface area (TPSA) is 39.2 Å². The smallest absolute Gasteiger partial charge is 0.137 e. The lowest BCUT2D eigenvalue weighted by Gasteiger charge is -2.06. The summed E-state index contributed by atoms with van der Waals surface area (Å²) in [6.45, 7) is 2.03. The summed E-state index contributed by atoms with van der Waals surface area (Å²) in [5.41, 5.74) is 8.22. The zero-order chi connectivity index (χ0) is 12.7. The van der Waals surface area contributed by atoms with Crippen molar-refractivity contribution in [2.24, 2.45) is 5.73 Å². The highest BCUT2D eigenvalue weighted by atomic mass is 35.5. The van der Waals surface area contributed by atoms with Gasteiger partial charge in [-0.3, -0.25) is 0 Å². The fourth-order valence-corrected chi connectivity index (χ4v) is 3.22. The number of aryl methyl sites for hydroxylation is 1. The van der Waals surface area contributed by atoms with Crippen molar-refractivity contribution in [2.45, 2.75) is 13.0 Å². The Bertz CT molecular complexity index is 701. The van der Waals surface area contributed by atoms with Gasteiger partial charge in [-0.15, -0.1) is 11.3 Å². The van der Waals surface area contributed by atoms with Crippen LogP contribution in [-0.4, -0.2) is 0 Å². The van der Waals surface area contributed by atoms with Crippen molar-refractivity contribution in [1.82, 2.24) is 0 Å². The predicted molar refractivity (Wildman–Crippen MR) is 76.3 cm³/mol. The second-order valence-electron chi connectivity index (χ2n) is 4.25. The normalized spacial score (nSPS) is 13.1. The molecule has 0 bridgehead atoms. The Kier molecular flexibility index (Phi) is 2.90. The van der Waals surface area contributed by atoms with Crippen LogP contribution in [0.3, 0.4) is 0 Å². The first-order valence-corrected chi connectivity index (χ1v) is 6.90. The standard InChI is InChI=1S/C14H12ClNOS/c1-8-3-2-4-9-7-11(17-13(8)9)12(16)14-10(15)5-6-18-14/h2-7,12H,16H2,1H3. The number of halogens is 1. The van der Waals surface area contributed by atoms with E-state index in [4.69, 9.17) is 21.8 Å². The lowest BCUT2D eigenvalue weighted by atomic mass is 10.1. The molecule has 0 aliphatic heterocycles. The minimum Gasteiger partial charge on any atom is -0.459 e. The molecule has 18 heavy (non-hydrogen) atoms. The van der Waals surface area contributed by atoms with Crippen LogP contribution in [0.2, 0.25) is 5.02 Å². The van der Waals surface area contributed by atoms with Crippen LogP contribution in [0, 0.1) is 6.92 Å². The number of para-hydroxylation sites is 1. The second kappa shape index (κ2) is 4.43. The average molecular weight is 278 g/mol. The van der Waals surface area contributed by atoms with Crippen LogP contribution < -0.4 is 5.73 Å². The van der Waals surface area contributed by atoms with E-state index in [2.05, 4.69) is 0 Å². The Morgan fingerprint density at radius 1 is 1.33 bits per heavy atom. The van der Waals surface area contributed by atoms with Crippen LogP contribution in [0.1, 0.15) is 22.2 Å². The number of rotatable bonds is 2. The number of hydrogen-bond acceptors (Lipinski definition) is 3. The van der Waals surface area contributed by atoms with Crippen LogP contribution in [0.15, 0.2) is 40.1 Å². The zero-order valence-corrected chi connectivity index (χ0v) is 11.4. The van der Waals surface area contributed by atoms with Crippen molar-refractivity contribution in [3.8, 4) is 0 Å². The van der Waals surface area contributed by atoms with Crippen LogP contribution in [0.25, 0.3) is 11.0 Å². The molecule has 0 amide bonds. The number of thiophene rings is 1. The van der Waals surface area contributed by atoms with Gasteiger partial charge in [0.1, 0.15) is 11.3 Å². The van der Waals surface area contributed by atoms with Crippen molar-refractivity contribution in [3.63, 3.8) is 0 Å². The monoisotopic (exact) mass is 277 g/mol. The summed E-state index contributed by atoms with van der Waals surface area (Å²) in [5, 5.41) is 3.71. The summed E-state index contributed by atoms with van der Waals surface area (Å²) in [6.07, 6.45) is 0. The van der Waals surface area contributed by atoms with Gasteiger partial charge in [0.15, 0.2) is 0 Å². The minimum absolute atomic E-state index is 0.302. The van der Waals surface area contributed by atoms with Crippen LogP contribution >= 0.6 is 22.9 Å². The molecule has 0 saturated carbocycles. The van der Waals surface area contributed by atoms with Crippen LogP contribution in [0.5, 0.6) is 0 Å². The SMILES string of the molecule is Cc1cccc2cc(C(N)c3sccc3Cl)oc12. The summed E-state index contributed by atoms with van der Waals surface area (Å²) in [5.74, 6) is 0.753. The van der Waals surface area contributed by atoms with E-state index in [1.54, 1.807) is 11.3 Å². The Morgan fingerprint density at radius 3 is 2.83 bits per heavy atom. The van der Waals surface area contributed by atoms with Gasteiger partial charge in [-0.25, -0.2) is 0 Å². The molecule has 0 aliphatic carbocycles. The maximum atomic E-state index is 6.21. The molecule has 2 aromatic heterocycles. The van der Waals surface area contributed by atoms with Gasteiger partial charge < -0.3 is 10.2 Å². The highest BCUT2D eigenvalue weighted by Gasteiger charge is 2.18. The number of furan rings is 1. The van der Waals surface area contributed by atoms with Crippen molar-refractivity contribution >= 4 is 33.9 Å². The zero-order valence-electron chi connectivity index (χ0n) is 9.81. The summed E-state index contributed by atoms with van der Waals surface area (Å²) in [4.78, 5) is 0.938. The van der Waals surface area contributed by atoms with E-state index in [9.17, 15) is 0 Å². The largest absolute Gasteiger partial charge is 0.459 e. The summed E-state index contributed by atoms with van der Waals surface area (Å²) in [6, 6.07) is 9.61. The van der Waals surface area contributed by atoms with E-state index in [0.29, 0.717) is 5.02 Å². The molecule has 4 heteroatoms. The Labute approximate surface area is 114 Å². The maximum Gasteiger partial charge on any atom is 0.137 e. The molecule has 2 N–H and O–H groups in total. The summed E-state index contributed by atoms with van der Waals surface area (Å²) >= 11 is 7.65. The number of fused-ring (bicyclic) bond motifs is 1. The van der Waals surface area contributed by atoms with Crippen LogP contribution in [-0.2, 0) is 0 Å². The van der Waals surface area contributed by atoms with Gasteiger partial charge >= 0.3 is 0 Å². The van der Waals surface area contributed by atoms with Gasteiger partial charge in [0, 0.05) is 10.3 Å². The van der Waals surface area contributed by atoms with Gasteiger partial charge in [0.2, 0.25) is 0 Å². The number of hydrogen-bond donors (Lipinski definition) is 1. The summed E-state index contributed by atoms with van der Waals surface area (Å²) in [7, 11) is 0. The minimum atomic E-state index is -0.302. The molecule has 0 aliphatic rings. The molecule has 0 radical (unpaired) electrons. The van der Waals surface area contributed by atoms with Gasteiger partial charge in [0.25, 0.3) is 0 Å². The van der Waals surface area contributed by atoms with Crippen molar-refractivity contribution in [3.05, 3.63) is 56.9 Å². The molecule has 0 fully saturated rings. The molecule has 2 heterocycles. The molecule has 1 aromatic carbocycles. The van der Waals surface area contributed by atoms with E-state index in [0.717, 1.165) is 27.2 Å². The molecule has 3 aromatic rings. The fourth-order valence-electron chi connectivity index (χ4n) is 2.04. The lowest BCUT2D eigenvalue weighted by molar-refractivity contribution is 0.526. The molecular weight excluding hydrogens is 266 g/mol. The van der Waals surface area contributed by atoms with Gasteiger partial charge in [-0.1, -0.05) is 29.8 Å². The first-order chi connectivity index (χ1) is 8.66. The third-order valence-electron chi connectivity index (χ3n) is 2.99. The van der Waals surface area contributed by atoms with Crippen LogP contribution in [0.4, 0.5) is 0 Å². The van der Waals surface area contributed by atoms with Crippen molar-refractivity contribution in [2.75, 3.05) is 0 Å². The highest BCUT2D eigenvalue weighted by molar-refractivity contribution is 7.10. The van der Waals surface area contributed by atoms with E-state index >= 15 is 0 Å².